The number of amides is 1. The van der Waals surface area contributed by atoms with Crippen LogP contribution in [0.2, 0.25) is 0 Å². The van der Waals surface area contributed by atoms with Gasteiger partial charge in [-0.3, -0.25) is 4.79 Å². The van der Waals surface area contributed by atoms with E-state index in [1.54, 1.807) is 0 Å². The lowest BCUT2D eigenvalue weighted by molar-refractivity contribution is 0.0643. The fourth-order valence-electron chi connectivity index (χ4n) is 2.82. The number of aromatic nitrogens is 1. The van der Waals surface area contributed by atoms with E-state index in [0.29, 0.717) is 0 Å². The summed E-state index contributed by atoms with van der Waals surface area (Å²) in [6, 6.07) is 10.2. The van der Waals surface area contributed by atoms with E-state index in [2.05, 4.69) is 52.4 Å². The Morgan fingerprint density at radius 2 is 2.05 bits per heavy atom. The minimum Gasteiger partial charge on any atom is -0.348 e. The van der Waals surface area contributed by atoms with E-state index < -0.39 is 0 Å². The molecule has 0 N–H and O–H groups in total. The largest absolute Gasteiger partial charge is 0.348 e. The van der Waals surface area contributed by atoms with Crippen LogP contribution >= 0.6 is 22.6 Å². The van der Waals surface area contributed by atoms with Crippen LogP contribution in [-0.2, 0) is 6.54 Å². The molecule has 0 fully saturated rings. The molecule has 1 aromatic heterocycles. The van der Waals surface area contributed by atoms with Crippen molar-refractivity contribution in [1.82, 2.24) is 9.47 Å². The molecule has 3 rings (SSSR count). The Balaban J connectivity index is 1.94. The highest BCUT2D eigenvalue weighted by Gasteiger charge is 2.29. The average molecular weight is 380 g/mol. The van der Waals surface area contributed by atoms with Gasteiger partial charge in [0.15, 0.2) is 0 Å². The van der Waals surface area contributed by atoms with Crippen LogP contribution in [-0.4, -0.2) is 21.9 Å². The van der Waals surface area contributed by atoms with Gasteiger partial charge in [-0.2, -0.15) is 0 Å². The van der Waals surface area contributed by atoms with Crippen molar-refractivity contribution >= 4 is 28.5 Å². The van der Waals surface area contributed by atoms with Crippen molar-refractivity contribution in [3.8, 4) is 0 Å². The monoisotopic (exact) mass is 380 g/mol. The van der Waals surface area contributed by atoms with Gasteiger partial charge in [-0.15, -0.1) is 0 Å². The first-order chi connectivity index (χ1) is 9.59. The van der Waals surface area contributed by atoms with E-state index in [9.17, 15) is 4.79 Å². The lowest BCUT2D eigenvalue weighted by atomic mass is 10.1. The predicted molar refractivity (Wildman–Crippen MR) is 87.8 cm³/mol. The molecule has 1 aromatic carbocycles. The molecule has 104 valence electrons. The predicted octanol–water partition coefficient (Wildman–Crippen LogP) is 3.62. The second-order valence-electron chi connectivity index (χ2n) is 5.24. The Bertz CT molecular complexity index is 662. The van der Waals surface area contributed by atoms with Crippen LogP contribution in [0, 0.1) is 10.5 Å². The molecule has 0 bridgehead atoms. The molecule has 0 radical (unpaired) electrons. The van der Waals surface area contributed by atoms with Gasteiger partial charge in [0, 0.05) is 28.6 Å². The third-order valence-electron chi connectivity index (χ3n) is 4.03. The Morgan fingerprint density at radius 1 is 1.25 bits per heavy atom. The van der Waals surface area contributed by atoms with E-state index in [4.69, 9.17) is 0 Å². The molecule has 2 aromatic rings. The maximum atomic E-state index is 12.8. The molecule has 0 aliphatic carbocycles. The van der Waals surface area contributed by atoms with Gasteiger partial charge >= 0.3 is 0 Å². The molecule has 20 heavy (non-hydrogen) atoms. The van der Waals surface area contributed by atoms with E-state index in [-0.39, 0.29) is 11.9 Å². The van der Waals surface area contributed by atoms with Crippen LogP contribution in [0.5, 0.6) is 0 Å². The van der Waals surface area contributed by atoms with Crippen molar-refractivity contribution in [1.29, 1.82) is 0 Å². The minimum atomic E-state index is 0.127. The fraction of sp³-hybridized carbons (Fsp3) is 0.312. The third-order valence-corrected chi connectivity index (χ3v) is 5.46. The zero-order valence-corrected chi connectivity index (χ0v) is 13.8. The van der Waals surface area contributed by atoms with Crippen LogP contribution in [0.1, 0.15) is 34.6 Å². The molecular weight excluding hydrogens is 363 g/mol. The Hall–Kier alpha value is -1.30. The third kappa shape index (κ3) is 2.16. The fourth-order valence-corrected chi connectivity index (χ4v) is 3.41. The van der Waals surface area contributed by atoms with Crippen molar-refractivity contribution < 1.29 is 4.79 Å². The van der Waals surface area contributed by atoms with E-state index in [0.717, 1.165) is 27.8 Å². The summed E-state index contributed by atoms with van der Waals surface area (Å²) in [5.74, 6) is 0.137. The van der Waals surface area contributed by atoms with Crippen molar-refractivity contribution in [2.45, 2.75) is 26.4 Å². The molecule has 0 saturated heterocycles. The Labute approximate surface area is 132 Å². The maximum absolute atomic E-state index is 12.8. The number of hydrogen-bond acceptors (Lipinski definition) is 1. The van der Waals surface area contributed by atoms with E-state index >= 15 is 0 Å². The lowest BCUT2D eigenvalue weighted by Crippen LogP contribution is -2.41. The van der Waals surface area contributed by atoms with Gasteiger partial charge in [0.25, 0.3) is 5.91 Å². The molecule has 0 spiro atoms. The molecule has 4 heteroatoms. The Morgan fingerprint density at radius 3 is 2.85 bits per heavy atom. The number of carbonyl (C=O) groups excluding carboxylic acids is 1. The summed E-state index contributed by atoms with van der Waals surface area (Å²) in [6.07, 6.45) is 2.09. The van der Waals surface area contributed by atoms with Gasteiger partial charge in [0.2, 0.25) is 0 Å². The number of fused-ring (bicyclic) bond motifs is 1. The highest BCUT2D eigenvalue weighted by Crippen LogP contribution is 2.28. The molecule has 1 unspecified atom stereocenters. The van der Waals surface area contributed by atoms with Gasteiger partial charge in [0.05, 0.1) is 11.6 Å². The zero-order chi connectivity index (χ0) is 14.3. The summed E-state index contributed by atoms with van der Waals surface area (Å²) < 4.78 is 3.29. The van der Waals surface area contributed by atoms with Crippen LogP contribution in [0.4, 0.5) is 0 Å². The standard InChI is InChI=1S/C16H17IN2O/c1-11-5-3-6-13(15(11)17)16(20)19-10-9-18-8-4-7-14(18)12(19)2/h3-8,12H,9-10H2,1-2H3. The first kappa shape index (κ1) is 13.7. The molecular formula is C16H17IN2O. The summed E-state index contributed by atoms with van der Waals surface area (Å²) >= 11 is 2.27. The number of halogens is 1. The average Bonchev–Trinajstić information content (AvgIpc) is 2.91. The van der Waals surface area contributed by atoms with Gasteiger partial charge in [0.1, 0.15) is 0 Å². The smallest absolute Gasteiger partial charge is 0.255 e. The van der Waals surface area contributed by atoms with Gasteiger partial charge in [-0.25, -0.2) is 0 Å². The molecule has 3 nitrogen and oxygen atoms in total. The molecule has 1 aliphatic heterocycles. The number of benzene rings is 1. The van der Waals surface area contributed by atoms with Crippen molar-refractivity contribution in [3.63, 3.8) is 0 Å². The normalized spacial score (nSPS) is 17.9. The first-order valence-electron chi connectivity index (χ1n) is 6.80. The second kappa shape index (κ2) is 5.24. The number of rotatable bonds is 1. The molecule has 0 saturated carbocycles. The molecule has 1 amide bonds. The number of nitrogens with zero attached hydrogens (tertiary/aromatic N) is 2. The van der Waals surface area contributed by atoms with E-state index in [1.165, 1.54) is 5.69 Å². The number of aryl methyl sites for hydroxylation is 1. The molecule has 1 atom stereocenters. The summed E-state index contributed by atoms with van der Waals surface area (Å²) in [6.45, 7) is 5.79. The summed E-state index contributed by atoms with van der Waals surface area (Å²) in [7, 11) is 0. The van der Waals surface area contributed by atoms with Gasteiger partial charge < -0.3 is 9.47 Å². The highest BCUT2D eigenvalue weighted by atomic mass is 127. The van der Waals surface area contributed by atoms with Crippen LogP contribution < -0.4 is 0 Å². The number of hydrogen-bond donors (Lipinski definition) is 0. The lowest BCUT2D eigenvalue weighted by Gasteiger charge is -2.35. The second-order valence-corrected chi connectivity index (χ2v) is 6.32. The minimum absolute atomic E-state index is 0.127. The number of carbonyl (C=O) groups is 1. The first-order valence-corrected chi connectivity index (χ1v) is 7.88. The van der Waals surface area contributed by atoms with Crippen LogP contribution in [0.25, 0.3) is 0 Å². The zero-order valence-electron chi connectivity index (χ0n) is 11.6. The Kier molecular flexibility index (Phi) is 3.58. The SMILES string of the molecule is Cc1cccc(C(=O)N2CCn3cccc3C2C)c1I. The molecule has 2 heterocycles. The van der Waals surface area contributed by atoms with Crippen molar-refractivity contribution in [2.24, 2.45) is 0 Å². The van der Waals surface area contributed by atoms with Crippen LogP contribution in [0.3, 0.4) is 0 Å². The topological polar surface area (TPSA) is 25.2 Å². The highest BCUT2D eigenvalue weighted by molar-refractivity contribution is 14.1. The van der Waals surface area contributed by atoms with Crippen molar-refractivity contribution in [3.05, 3.63) is 56.9 Å². The summed E-state index contributed by atoms with van der Waals surface area (Å²) in [5, 5.41) is 0. The van der Waals surface area contributed by atoms with E-state index in [1.807, 2.05) is 30.0 Å². The summed E-state index contributed by atoms with van der Waals surface area (Å²) in [4.78, 5) is 14.8. The quantitative estimate of drug-likeness (QED) is 0.694. The maximum Gasteiger partial charge on any atom is 0.255 e. The van der Waals surface area contributed by atoms with Crippen LogP contribution in [0.15, 0.2) is 36.5 Å². The van der Waals surface area contributed by atoms with Crippen molar-refractivity contribution in [2.75, 3.05) is 6.54 Å². The summed E-state index contributed by atoms with van der Waals surface area (Å²) in [5.41, 5.74) is 3.19. The van der Waals surface area contributed by atoms with Gasteiger partial charge in [-0.1, -0.05) is 12.1 Å². The van der Waals surface area contributed by atoms with Gasteiger partial charge in [-0.05, 0) is 60.2 Å². The molecule has 1 aliphatic rings.